The van der Waals surface area contributed by atoms with E-state index in [1.807, 2.05) is 0 Å². The second kappa shape index (κ2) is 8.50. The Hall–Kier alpha value is -1.93. The molecule has 0 saturated heterocycles. The molecule has 0 radical (unpaired) electrons. The maximum absolute atomic E-state index is 11.9. The Balaban J connectivity index is 2.57. The Morgan fingerprint density at radius 3 is 2.77 bits per heavy atom. The molecule has 0 aliphatic carbocycles. The molecule has 22 heavy (non-hydrogen) atoms. The molecule has 0 bridgehead atoms. The van der Waals surface area contributed by atoms with Gasteiger partial charge in [-0.15, -0.1) is 0 Å². The van der Waals surface area contributed by atoms with Crippen LogP contribution in [0, 0.1) is 0 Å². The lowest BCUT2D eigenvalue weighted by Crippen LogP contribution is -2.37. The van der Waals surface area contributed by atoms with E-state index in [4.69, 9.17) is 9.47 Å². The summed E-state index contributed by atoms with van der Waals surface area (Å²) in [6.45, 7) is 6.78. The Labute approximate surface area is 130 Å². The molecular formula is C14H24N4O4. The molecule has 1 aromatic heterocycles. The average molecular weight is 312 g/mol. The molecule has 0 atom stereocenters. The van der Waals surface area contributed by atoms with Crippen molar-refractivity contribution in [1.29, 1.82) is 0 Å². The Morgan fingerprint density at radius 1 is 1.41 bits per heavy atom. The van der Waals surface area contributed by atoms with Gasteiger partial charge in [-0.3, -0.25) is 9.48 Å². The van der Waals surface area contributed by atoms with Crippen LogP contribution >= 0.6 is 0 Å². The van der Waals surface area contributed by atoms with Crippen molar-refractivity contribution in [3.63, 3.8) is 0 Å². The summed E-state index contributed by atoms with van der Waals surface area (Å²) >= 11 is 0. The van der Waals surface area contributed by atoms with E-state index >= 15 is 0 Å². The number of hydrogen-bond acceptors (Lipinski definition) is 6. The first-order valence-electron chi connectivity index (χ1n) is 7.13. The van der Waals surface area contributed by atoms with Gasteiger partial charge >= 0.3 is 5.97 Å². The molecule has 8 nitrogen and oxygen atoms in total. The second-order valence-electron chi connectivity index (χ2n) is 5.17. The fraction of sp³-hybridized carbons (Fsp3) is 0.643. The van der Waals surface area contributed by atoms with Gasteiger partial charge in [0.15, 0.2) is 5.54 Å². The van der Waals surface area contributed by atoms with Crippen LogP contribution < -0.4 is 10.6 Å². The summed E-state index contributed by atoms with van der Waals surface area (Å²) in [5, 5.41) is 9.76. The van der Waals surface area contributed by atoms with E-state index < -0.39 is 5.54 Å². The van der Waals surface area contributed by atoms with Crippen molar-refractivity contribution in [2.75, 3.05) is 38.7 Å². The lowest BCUT2D eigenvalue weighted by molar-refractivity contribution is -0.152. The molecule has 2 N–H and O–H groups in total. The average Bonchev–Trinajstić information content (AvgIpc) is 2.93. The molecule has 0 aliphatic heterocycles. The first-order valence-corrected chi connectivity index (χ1v) is 7.13. The van der Waals surface area contributed by atoms with E-state index in [0.29, 0.717) is 25.4 Å². The van der Waals surface area contributed by atoms with E-state index in [9.17, 15) is 9.59 Å². The maximum Gasteiger partial charge on any atom is 0.333 e. The number of hydrogen-bond donors (Lipinski definition) is 2. The lowest BCUT2D eigenvalue weighted by Gasteiger charge is -2.22. The number of aromatic nitrogens is 2. The van der Waals surface area contributed by atoms with Gasteiger partial charge in [-0.25, -0.2) is 4.79 Å². The third-order valence-electron chi connectivity index (χ3n) is 2.98. The smallest absolute Gasteiger partial charge is 0.333 e. The summed E-state index contributed by atoms with van der Waals surface area (Å²) < 4.78 is 11.4. The van der Waals surface area contributed by atoms with E-state index in [-0.39, 0.29) is 18.4 Å². The second-order valence-corrected chi connectivity index (χ2v) is 5.17. The molecule has 1 amide bonds. The van der Waals surface area contributed by atoms with Gasteiger partial charge in [0.25, 0.3) is 0 Å². The summed E-state index contributed by atoms with van der Waals surface area (Å²) in [6.07, 6.45) is 3.10. The molecule has 0 fully saturated rings. The normalized spacial score (nSPS) is 11.3. The standard InChI is InChI=1S/C14H24N4O4/c1-5-22-13(20)14(2,3)18-10-11(8-16-18)17-12(19)9-15-6-7-21-4/h8,10,15H,5-7,9H2,1-4H3,(H,17,19). The van der Waals surface area contributed by atoms with Gasteiger partial charge in [-0.2, -0.15) is 5.10 Å². The zero-order valence-corrected chi connectivity index (χ0v) is 13.5. The van der Waals surface area contributed by atoms with Crippen LogP contribution in [-0.2, 0) is 24.6 Å². The number of ether oxygens (including phenoxy) is 2. The van der Waals surface area contributed by atoms with Gasteiger partial charge in [-0.05, 0) is 20.8 Å². The molecule has 1 rings (SSSR count). The lowest BCUT2D eigenvalue weighted by atomic mass is 10.1. The third kappa shape index (κ3) is 5.12. The van der Waals surface area contributed by atoms with Crippen molar-refractivity contribution in [2.45, 2.75) is 26.3 Å². The molecule has 1 aromatic rings. The van der Waals surface area contributed by atoms with Crippen molar-refractivity contribution in [3.8, 4) is 0 Å². The van der Waals surface area contributed by atoms with Crippen LogP contribution in [0.25, 0.3) is 0 Å². The van der Waals surface area contributed by atoms with Crippen LogP contribution in [0.3, 0.4) is 0 Å². The zero-order valence-electron chi connectivity index (χ0n) is 13.5. The predicted molar refractivity (Wildman–Crippen MR) is 81.6 cm³/mol. The van der Waals surface area contributed by atoms with Crippen LogP contribution in [0.15, 0.2) is 12.4 Å². The Morgan fingerprint density at radius 2 is 2.14 bits per heavy atom. The van der Waals surface area contributed by atoms with E-state index in [0.717, 1.165) is 0 Å². The molecule has 8 heteroatoms. The fourth-order valence-electron chi connectivity index (χ4n) is 1.68. The van der Waals surface area contributed by atoms with E-state index in [1.165, 1.54) is 10.9 Å². The number of carbonyl (C=O) groups excluding carboxylic acids is 2. The highest BCUT2D eigenvalue weighted by atomic mass is 16.5. The number of methoxy groups -OCH3 is 1. The van der Waals surface area contributed by atoms with Crippen molar-refractivity contribution in [3.05, 3.63) is 12.4 Å². The minimum atomic E-state index is -0.935. The third-order valence-corrected chi connectivity index (χ3v) is 2.98. The van der Waals surface area contributed by atoms with Crippen molar-refractivity contribution in [1.82, 2.24) is 15.1 Å². The van der Waals surface area contributed by atoms with Gasteiger partial charge in [0.2, 0.25) is 5.91 Å². The van der Waals surface area contributed by atoms with Gasteiger partial charge in [0.1, 0.15) is 0 Å². The van der Waals surface area contributed by atoms with E-state index in [2.05, 4.69) is 15.7 Å². The topological polar surface area (TPSA) is 94.5 Å². The van der Waals surface area contributed by atoms with Gasteiger partial charge in [0.05, 0.1) is 31.6 Å². The van der Waals surface area contributed by atoms with E-state index in [1.54, 1.807) is 34.1 Å². The number of esters is 1. The Bertz CT molecular complexity index is 499. The molecule has 0 spiro atoms. The van der Waals surface area contributed by atoms with Crippen LogP contribution in [0.5, 0.6) is 0 Å². The largest absolute Gasteiger partial charge is 0.464 e. The molecule has 1 heterocycles. The molecule has 0 aromatic carbocycles. The Kier molecular flexibility index (Phi) is 7.00. The molecular weight excluding hydrogens is 288 g/mol. The highest BCUT2D eigenvalue weighted by molar-refractivity contribution is 5.92. The summed E-state index contributed by atoms with van der Waals surface area (Å²) in [5.74, 6) is -0.568. The SMILES string of the molecule is CCOC(=O)C(C)(C)n1cc(NC(=O)CNCCOC)cn1. The van der Waals surface area contributed by atoms with Gasteiger partial charge in [0, 0.05) is 19.9 Å². The predicted octanol–water partition coefficient (Wildman–Crippen LogP) is 0.356. The van der Waals surface area contributed by atoms with Crippen molar-refractivity contribution >= 4 is 17.6 Å². The number of amides is 1. The number of nitrogens with zero attached hydrogens (tertiary/aromatic N) is 2. The van der Waals surface area contributed by atoms with Crippen molar-refractivity contribution < 1.29 is 19.1 Å². The van der Waals surface area contributed by atoms with Crippen LogP contribution in [0.1, 0.15) is 20.8 Å². The highest BCUT2D eigenvalue weighted by Crippen LogP contribution is 2.18. The fourth-order valence-corrected chi connectivity index (χ4v) is 1.68. The summed E-state index contributed by atoms with van der Waals surface area (Å²) in [4.78, 5) is 23.6. The zero-order chi connectivity index (χ0) is 16.6. The molecule has 0 unspecified atom stereocenters. The first-order chi connectivity index (χ1) is 10.4. The van der Waals surface area contributed by atoms with Gasteiger partial charge in [-0.1, -0.05) is 0 Å². The first kappa shape index (κ1) is 18.1. The summed E-state index contributed by atoms with van der Waals surface area (Å²) in [5.41, 5.74) is -0.411. The minimum Gasteiger partial charge on any atom is -0.464 e. The molecule has 0 saturated carbocycles. The molecule has 124 valence electrons. The van der Waals surface area contributed by atoms with Crippen LogP contribution in [0.4, 0.5) is 5.69 Å². The van der Waals surface area contributed by atoms with Crippen molar-refractivity contribution in [2.24, 2.45) is 0 Å². The summed E-state index contributed by atoms with van der Waals surface area (Å²) in [7, 11) is 1.60. The quantitative estimate of drug-likeness (QED) is 0.505. The number of carbonyl (C=O) groups is 2. The molecule has 0 aliphatic rings. The number of rotatable bonds is 9. The monoisotopic (exact) mass is 312 g/mol. The minimum absolute atomic E-state index is 0.176. The van der Waals surface area contributed by atoms with Gasteiger partial charge < -0.3 is 20.1 Å². The van der Waals surface area contributed by atoms with Crippen LogP contribution in [0.2, 0.25) is 0 Å². The summed E-state index contributed by atoms with van der Waals surface area (Å²) in [6, 6.07) is 0. The highest BCUT2D eigenvalue weighted by Gasteiger charge is 2.32. The number of anilines is 1. The number of nitrogens with one attached hydrogen (secondary N) is 2. The maximum atomic E-state index is 11.9. The van der Waals surface area contributed by atoms with Crippen LogP contribution in [-0.4, -0.2) is 55.1 Å².